The fourth-order valence-electron chi connectivity index (χ4n) is 3.67. The molecule has 0 atom stereocenters. The second kappa shape index (κ2) is 6.68. The summed E-state index contributed by atoms with van der Waals surface area (Å²) in [5.41, 5.74) is 10.8. The molecule has 0 aliphatic carbocycles. The number of primary amides is 1. The summed E-state index contributed by atoms with van der Waals surface area (Å²) in [4.78, 5) is 12.0. The van der Waals surface area contributed by atoms with Gasteiger partial charge in [-0.15, -0.1) is 0 Å². The van der Waals surface area contributed by atoms with Crippen LogP contribution < -0.4 is 5.73 Å². The van der Waals surface area contributed by atoms with Gasteiger partial charge in [-0.25, -0.2) is 0 Å². The molecule has 0 fully saturated rings. The Labute approximate surface area is 153 Å². The summed E-state index contributed by atoms with van der Waals surface area (Å²) in [6.45, 7) is 2.92. The van der Waals surface area contributed by atoms with Crippen LogP contribution in [-0.2, 0) is 13.0 Å². The molecule has 1 radical (unpaired) electrons. The zero-order chi connectivity index (χ0) is 18.1. The largest absolute Gasteiger partial charge is 0.366 e. The number of aromatic nitrogens is 1. The van der Waals surface area contributed by atoms with Crippen molar-refractivity contribution in [1.82, 2.24) is 4.57 Å². The lowest BCUT2D eigenvalue weighted by Gasteiger charge is -2.09. The topological polar surface area (TPSA) is 48.0 Å². The monoisotopic (exact) mass is 341 g/mol. The zero-order valence-electron chi connectivity index (χ0n) is 14.8. The quantitative estimate of drug-likeness (QED) is 0.562. The molecule has 3 aromatic carbocycles. The molecule has 1 amide bonds. The number of carbonyl (C=O) groups excluding carboxylic acids is 1. The Morgan fingerprint density at radius 1 is 1.04 bits per heavy atom. The van der Waals surface area contributed by atoms with Gasteiger partial charge in [0.1, 0.15) is 0 Å². The van der Waals surface area contributed by atoms with Crippen molar-refractivity contribution in [1.29, 1.82) is 0 Å². The average molecular weight is 341 g/mol. The second-order valence-electron chi connectivity index (χ2n) is 6.65. The van der Waals surface area contributed by atoms with Gasteiger partial charge in [-0.3, -0.25) is 4.79 Å². The van der Waals surface area contributed by atoms with Gasteiger partial charge in [0.15, 0.2) is 0 Å². The van der Waals surface area contributed by atoms with Crippen molar-refractivity contribution in [3.05, 3.63) is 83.4 Å². The van der Waals surface area contributed by atoms with Gasteiger partial charge < -0.3 is 10.3 Å². The lowest BCUT2D eigenvalue weighted by molar-refractivity contribution is 0.100. The minimum atomic E-state index is -0.402. The van der Waals surface area contributed by atoms with Crippen molar-refractivity contribution < 1.29 is 4.79 Å². The van der Waals surface area contributed by atoms with Crippen molar-refractivity contribution in [2.75, 3.05) is 0 Å². The van der Waals surface area contributed by atoms with Crippen LogP contribution in [0.25, 0.3) is 21.8 Å². The van der Waals surface area contributed by atoms with E-state index in [1.165, 1.54) is 11.1 Å². The highest BCUT2D eigenvalue weighted by Crippen LogP contribution is 2.32. The van der Waals surface area contributed by atoms with E-state index in [1.54, 1.807) is 6.07 Å². The summed E-state index contributed by atoms with van der Waals surface area (Å²) in [5.74, 6) is -0.402. The first-order chi connectivity index (χ1) is 12.7. The summed E-state index contributed by atoms with van der Waals surface area (Å²) >= 11 is 0. The van der Waals surface area contributed by atoms with E-state index >= 15 is 0 Å². The number of hydrogen-bond acceptors (Lipinski definition) is 1. The molecule has 0 bridgehead atoms. The summed E-state index contributed by atoms with van der Waals surface area (Å²) < 4.78 is 2.27. The smallest absolute Gasteiger partial charge is 0.249 e. The van der Waals surface area contributed by atoms with E-state index < -0.39 is 5.91 Å². The standard InChI is InChI=1S/C23H21N2O/c1-2-7-16-12-13-18-21(14-16)25(15-17-8-4-3-5-9-17)20-11-6-10-19(22(18)20)23(24)26/h3-6,8-12,14H,2,7,15H2,1H3,(H2,24,26). The van der Waals surface area contributed by atoms with Crippen LogP contribution in [0.5, 0.6) is 0 Å². The summed E-state index contributed by atoms with van der Waals surface area (Å²) in [6.07, 6.45) is 2.10. The molecule has 129 valence electrons. The fraction of sp³-hybridized carbons (Fsp3) is 0.174. The van der Waals surface area contributed by atoms with Crippen LogP contribution in [0.2, 0.25) is 0 Å². The Balaban J connectivity index is 2.03. The number of hydrogen-bond donors (Lipinski definition) is 1. The van der Waals surface area contributed by atoms with E-state index in [9.17, 15) is 4.79 Å². The number of nitrogens with two attached hydrogens (primary N) is 1. The summed E-state index contributed by atoms with van der Waals surface area (Å²) in [7, 11) is 0. The molecule has 0 aliphatic heterocycles. The van der Waals surface area contributed by atoms with Crippen molar-refractivity contribution in [3.8, 4) is 0 Å². The van der Waals surface area contributed by atoms with Crippen LogP contribution >= 0.6 is 0 Å². The van der Waals surface area contributed by atoms with Gasteiger partial charge >= 0.3 is 0 Å². The highest BCUT2D eigenvalue weighted by Gasteiger charge is 2.17. The molecule has 4 rings (SSSR count). The molecule has 0 unspecified atom stereocenters. The molecule has 0 aliphatic rings. The molecule has 3 heteroatoms. The van der Waals surface area contributed by atoms with Crippen LogP contribution in [0.3, 0.4) is 0 Å². The van der Waals surface area contributed by atoms with E-state index in [2.05, 4.69) is 41.8 Å². The molecule has 1 heterocycles. The maximum atomic E-state index is 12.0. The highest BCUT2D eigenvalue weighted by molar-refractivity contribution is 6.17. The molecular weight excluding hydrogens is 320 g/mol. The van der Waals surface area contributed by atoms with Crippen molar-refractivity contribution in [2.45, 2.75) is 26.3 Å². The van der Waals surface area contributed by atoms with Gasteiger partial charge in [-0.2, -0.15) is 0 Å². The maximum Gasteiger partial charge on any atom is 0.249 e. The minimum absolute atomic E-state index is 0.402. The average Bonchev–Trinajstić information content (AvgIpc) is 2.96. The van der Waals surface area contributed by atoms with E-state index in [1.807, 2.05) is 30.3 Å². The van der Waals surface area contributed by atoms with E-state index in [0.717, 1.165) is 41.2 Å². The number of amides is 1. The number of benzene rings is 3. The molecule has 4 aromatic rings. The Hall–Kier alpha value is -3.07. The molecule has 0 saturated heterocycles. The third kappa shape index (κ3) is 2.76. The molecule has 3 nitrogen and oxygen atoms in total. The fourth-order valence-corrected chi connectivity index (χ4v) is 3.67. The Morgan fingerprint density at radius 3 is 2.58 bits per heavy atom. The van der Waals surface area contributed by atoms with Crippen molar-refractivity contribution in [3.63, 3.8) is 0 Å². The Bertz CT molecular complexity index is 1090. The molecule has 2 N–H and O–H groups in total. The number of carbonyl (C=O) groups is 1. The summed E-state index contributed by atoms with van der Waals surface area (Å²) in [5, 5.41) is 1.86. The van der Waals surface area contributed by atoms with Crippen LogP contribution in [0.1, 0.15) is 34.8 Å². The predicted molar refractivity (Wildman–Crippen MR) is 106 cm³/mol. The SMILES string of the molecule is CCCc1c[c]c2c3c(C(N)=O)cccc3n(Cc3ccccc3)c2c1. The molecule has 0 spiro atoms. The van der Waals surface area contributed by atoms with Gasteiger partial charge in [-0.05, 0) is 41.8 Å². The predicted octanol–water partition coefficient (Wildman–Crippen LogP) is 4.69. The van der Waals surface area contributed by atoms with Crippen LogP contribution in [0.15, 0.2) is 60.7 Å². The first-order valence-corrected chi connectivity index (χ1v) is 8.98. The minimum Gasteiger partial charge on any atom is -0.366 e. The number of fused-ring (bicyclic) bond motifs is 3. The summed E-state index contributed by atoms with van der Waals surface area (Å²) in [6, 6.07) is 23.8. The van der Waals surface area contributed by atoms with Crippen molar-refractivity contribution in [2.24, 2.45) is 5.73 Å². The Kier molecular flexibility index (Phi) is 4.21. The third-order valence-corrected chi connectivity index (χ3v) is 4.84. The van der Waals surface area contributed by atoms with Crippen LogP contribution in [-0.4, -0.2) is 10.5 Å². The van der Waals surface area contributed by atoms with E-state index in [4.69, 9.17) is 5.73 Å². The third-order valence-electron chi connectivity index (χ3n) is 4.84. The first-order valence-electron chi connectivity index (χ1n) is 8.98. The molecular formula is C23H21N2O. The van der Waals surface area contributed by atoms with Crippen LogP contribution in [0.4, 0.5) is 0 Å². The number of nitrogens with zero attached hydrogens (tertiary/aromatic N) is 1. The Morgan fingerprint density at radius 2 is 1.85 bits per heavy atom. The lowest BCUT2D eigenvalue weighted by atomic mass is 10.0. The second-order valence-corrected chi connectivity index (χ2v) is 6.65. The van der Waals surface area contributed by atoms with Crippen molar-refractivity contribution >= 4 is 27.7 Å². The van der Waals surface area contributed by atoms with Gasteiger partial charge in [0, 0.05) is 22.9 Å². The van der Waals surface area contributed by atoms with Gasteiger partial charge in [-0.1, -0.05) is 55.8 Å². The van der Waals surface area contributed by atoms with Gasteiger partial charge in [0.25, 0.3) is 0 Å². The number of rotatable bonds is 5. The van der Waals surface area contributed by atoms with Crippen LogP contribution in [0, 0.1) is 6.07 Å². The molecule has 26 heavy (non-hydrogen) atoms. The highest BCUT2D eigenvalue weighted by atomic mass is 16.1. The zero-order valence-corrected chi connectivity index (χ0v) is 14.8. The van der Waals surface area contributed by atoms with Gasteiger partial charge in [0.05, 0.1) is 11.0 Å². The maximum absolute atomic E-state index is 12.0. The molecule has 1 aromatic heterocycles. The molecule has 0 saturated carbocycles. The first kappa shape index (κ1) is 16.4. The van der Waals surface area contributed by atoms with Gasteiger partial charge in [0.2, 0.25) is 5.91 Å². The number of aryl methyl sites for hydroxylation is 1. The van der Waals surface area contributed by atoms with E-state index in [0.29, 0.717) is 5.56 Å². The normalized spacial score (nSPS) is 11.3. The van der Waals surface area contributed by atoms with E-state index in [-0.39, 0.29) is 0 Å². The lowest BCUT2D eigenvalue weighted by Crippen LogP contribution is -2.11.